The van der Waals surface area contributed by atoms with E-state index in [1.165, 1.54) is 0 Å². The molecular weight excluding hydrogens is 625 g/mol. The van der Waals surface area contributed by atoms with Gasteiger partial charge < -0.3 is 9.97 Å². The molecule has 9 rings (SSSR count). The molecule has 5 heterocycles. The molecule has 0 amide bonds. The van der Waals surface area contributed by atoms with E-state index in [4.69, 9.17) is 29.9 Å². The molecule has 0 aliphatic carbocycles. The van der Waals surface area contributed by atoms with Crippen molar-refractivity contribution in [2.45, 2.75) is 19.6 Å². The molecule has 2 aliphatic heterocycles. The summed E-state index contributed by atoms with van der Waals surface area (Å²) in [5.41, 5.74) is 5.81. The van der Waals surface area contributed by atoms with Gasteiger partial charge in [-0.25, -0.2) is 29.9 Å². The van der Waals surface area contributed by atoms with Gasteiger partial charge >= 0.3 is 0 Å². The maximum atomic E-state index is 5.08. The number of aromatic amines is 2. The van der Waals surface area contributed by atoms with E-state index in [-0.39, 0.29) is 0 Å². The molecule has 0 fully saturated rings. The Hall–Kier alpha value is -4.36. The minimum Gasteiger partial charge on any atom is -0.324 e. The van der Waals surface area contributed by atoms with Crippen LogP contribution in [0.4, 0.5) is 0 Å². The standard InChI is InChI=1S/C32H18N8S4/c41-13-1-5-17-21(9-13)29-33-25(17)37-30-22-10-14(42)2-6-18(22)27(34-30)39-32-24-12-16(44)4-8-20(24)28(36-32)40-31-23-11-15(43)3-7-19(23)26(35-31)38-29/h1-12,41-44H,(H2,33,34,35,36,37,38,39,40). The van der Waals surface area contributed by atoms with Crippen molar-refractivity contribution in [1.82, 2.24) is 39.9 Å². The number of rotatable bonds is 0. The lowest BCUT2D eigenvalue weighted by Crippen LogP contribution is -1.85. The van der Waals surface area contributed by atoms with Gasteiger partial charge in [-0.1, -0.05) is 0 Å². The molecule has 12 heteroatoms. The van der Waals surface area contributed by atoms with Crippen LogP contribution in [0.2, 0.25) is 0 Å². The van der Waals surface area contributed by atoms with Gasteiger partial charge in [-0.05, 0) is 72.8 Å². The number of H-pyrrole nitrogens is 2. The van der Waals surface area contributed by atoms with Gasteiger partial charge in [-0.3, -0.25) is 0 Å². The number of thiol groups is 4. The van der Waals surface area contributed by atoms with Gasteiger partial charge in [-0.15, -0.1) is 50.5 Å². The number of hydrogen-bond donors (Lipinski definition) is 6. The zero-order chi connectivity index (χ0) is 29.7. The van der Waals surface area contributed by atoms with E-state index in [1.54, 1.807) is 0 Å². The van der Waals surface area contributed by atoms with E-state index < -0.39 is 0 Å². The van der Waals surface area contributed by atoms with Gasteiger partial charge in [0.15, 0.2) is 23.3 Å². The number of nitrogens with zero attached hydrogens (tertiary/aromatic N) is 6. The number of aromatic nitrogens is 8. The first-order valence-corrected chi connectivity index (χ1v) is 15.3. The normalized spacial score (nSPS) is 12.1. The van der Waals surface area contributed by atoms with E-state index >= 15 is 0 Å². The van der Waals surface area contributed by atoms with Crippen LogP contribution in [0.3, 0.4) is 0 Å². The predicted molar refractivity (Wildman–Crippen MR) is 185 cm³/mol. The Balaban J connectivity index is 1.51. The van der Waals surface area contributed by atoms with Crippen molar-refractivity contribution in [3.8, 4) is 45.6 Å². The van der Waals surface area contributed by atoms with Crippen LogP contribution in [0.25, 0.3) is 89.7 Å². The maximum Gasteiger partial charge on any atom is 0.164 e. The summed E-state index contributed by atoms with van der Waals surface area (Å²) in [7, 11) is 0. The summed E-state index contributed by atoms with van der Waals surface area (Å²) in [6, 6.07) is 23.4. The zero-order valence-electron chi connectivity index (χ0n) is 22.4. The van der Waals surface area contributed by atoms with Crippen molar-refractivity contribution >= 4 is 94.6 Å². The largest absolute Gasteiger partial charge is 0.324 e. The third-order valence-electron chi connectivity index (χ3n) is 7.76. The van der Waals surface area contributed by atoms with Crippen molar-refractivity contribution < 1.29 is 0 Å². The second kappa shape index (κ2) is 9.57. The van der Waals surface area contributed by atoms with Crippen LogP contribution < -0.4 is 0 Å². The molecule has 44 heavy (non-hydrogen) atoms. The lowest BCUT2D eigenvalue weighted by atomic mass is 10.1. The van der Waals surface area contributed by atoms with Crippen LogP contribution in [0.5, 0.6) is 0 Å². The SMILES string of the molecule is Sc1ccc2c(c1)-c1nc3nc(nc4[nH]c(nc5[nH]c(nc-2n1)c1cc(S)ccc51)c1cc(S)ccc41)-c1cc(S)ccc1-3. The molecule has 0 unspecified atom stereocenters. The Labute approximate surface area is 271 Å². The Morgan fingerprint density at radius 3 is 1.25 bits per heavy atom. The average Bonchev–Trinajstić information content (AvgIpc) is 3.71. The second-order valence-electron chi connectivity index (χ2n) is 10.5. The number of fused-ring (bicyclic) bond motifs is 20. The van der Waals surface area contributed by atoms with Gasteiger partial charge in [0, 0.05) is 63.4 Å². The average molecular weight is 643 g/mol. The third-order valence-corrected chi connectivity index (χ3v) is 8.88. The highest BCUT2D eigenvalue weighted by Crippen LogP contribution is 2.39. The maximum absolute atomic E-state index is 5.08. The zero-order valence-corrected chi connectivity index (χ0v) is 26.0. The number of benzene rings is 4. The molecule has 4 aromatic carbocycles. The minimum atomic E-state index is 0.493. The summed E-state index contributed by atoms with van der Waals surface area (Å²) in [6.07, 6.45) is 0. The van der Waals surface area contributed by atoms with Crippen LogP contribution >= 0.6 is 50.5 Å². The first kappa shape index (κ1) is 26.1. The summed E-state index contributed by atoms with van der Waals surface area (Å²) in [5.74, 6) is 2.02. The van der Waals surface area contributed by atoms with E-state index in [0.717, 1.165) is 63.4 Å². The molecular formula is C32H18N8S4. The van der Waals surface area contributed by atoms with Crippen molar-refractivity contribution in [3.05, 3.63) is 72.8 Å². The summed E-state index contributed by atoms with van der Waals surface area (Å²) in [5, 5.41) is 3.52. The first-order chi connectivity index (χ1) is 21.4. The Morgan fingerprint density at radius 1 is 0.341 bits per heavy atom. The van der Waals surface area contributed by atoms with E-state index in [2.05, 4.69) is 60.5 Å². The molecule has 0 saturated carbocycles. The number of nitrogens with one attached hydrogen (secondary N) is 2. The van der Waals surface area contributed by atoms with Crippen LogP contribution in [0, 0.1) is 0 Å². The van der Waals surface area contributed by atoms with E-state index in [9.17, 15) is 0 Å². The summed E-state index contributed by atoms with van der Waals surface area (Å²) in [6.45, 7) is 0. The molecule has 210 valence electrons. The highest BCUT2D eigenvalue weighted by atomic mass is 32.1. The first-order valence-electron chi connectivity index (χ1n) is 13.5. The quantitative estimate of drug-likeness (QED) is 0.0936. The topological polar surface area (TPSA) is 109 Å². The van der Waals surface area contributed by atoms with Gasteiger partial charge in [-0.2, -0.15) is 0 Å². The van der Waals surface area contributed by atoms with E-state index in [0.29, 0.717) is 45.9 Å². The van der Waals surface area contributed by atoms with Crippen LogP contribution in [-0.2, 0) is 0 Å². The molecule has 2 N–H and O–H groups in total. The minimum absolute atomic E-state index is 0.493. The van der Waals surface area contributed by atoms with Gasteiger partial charge in [0.2, 0.25) is 0 Å². The molecule has 3 aromatic heterocycles. The third kappa shape index (κ3) is 4.05. The molecule has 0 radical (unpaired) electrons. The van der Waals surface area contributed by atoms with Crippen molar-refractivity contribution in [3.63, 3.8) is 0 Å². The molecule has 8 bridgehead atoms. The van der Waals surface area contributed by atoms with Gasteiger partial charge in [0.25, 0.3) is 0 Å². The molecule has 0 atom stereocenters. The molecule has 0 saturated heterocycles. The highest BCUT2D eigenvalue weighted by Gasteiger charge is 2.24. The fourth-order valence-corrected chi connectivity index (χ4v) is 6.56. The number of hydrogen-bond acceptors (Lipinski definition) is 10. The fraction of sp³-hybridized carbons (Fsp3) is 0. The molecule has 8 nitrogen and oxygen atoms in total. The summed E-state index contributed by atoms with van der Waals surface area (Å²) in [4.78, 5) is 40.0. The van der Waals surface area contributed by atoms with Crippen LogP contribution in [0.1, 0.15) is 0 Å². The van der Waals surface area contributed by atoms with Crippen LogP contribution in [-0.4, -0.2) is 39.9 Å². The Kier molecular flexibility index (Phi) is 5.67. The van der Waals surface area contributed by atoms with E-state index in [1.807, 2.05) is 72.8 Å². The lowest BCUT2D eigenvalue weighted by molar-refractivity contribution is 1.16. The summed E-state index contributed by atoms with van der Waals surface area (Å²) < 4.78 is 0. The van der Waals surface area contributed by atoms with Crippen molar-refractivity contribution in [2.75, 3.05) is 0 Å². The Bertz CT molecular complexity index is 2570. The summed E-state index contributed by atoms with van der Waals surface area (Å²) >= 11 is 18.4. The lowest BCUT2D eigenvalue weighted by Gasteiger charge is -2.01. The smallest absolute Gasteiger partial charge is 0.164 e. The predicted octanol–water partition coefficient (Wildman–Crippen LogP) is 8.02. The Morgan fingerprint density at radius 2 is 0.705 bits per heavy atom. The van der Waals surface area contributed by atoms with Gasteiger partial charge in [0.1, 0.15) is 22.6 Å². The molecule has 0 spiro atoms. The van der Waals surface area contributed by atoms with Crippen LogP contribution in [0.15, 0.2) is 92.4 Å². The monoisotopic (exact) mass is 642 g/mol. The highest BCUT2D eigenvalue weighted by molar-refractivity contribution is 7.80. The molecule has 7 aromatic rings. The van der Waals surface area contributed by atoms with Gasteiger partial charge in [0.05, 0.1) is 0 Å². The van der Waals surface area contributed by atoms with Crippen molar-refractivity contribution in [1.29, 1.82) is 0 Å². The molecule has 2 aliphatic rings. The fourth-order valence-electron chi connectivity index (χ4n) is 5.75. The van der Waals surface area contributed by atoms with Crippen molar-refractivity contribution in [2.24, 2.45) is 0 Å². The second-order valence-corrected chi connectivity index (χ2v) is 12.6.